The Bertz CT molecular complexity index is 808. The summed E-state index contributed by atoms with van der Waals surface area (Å²) in [5.74, 6) is -0.0798. The van der Waals surface area contributed by atoms with Gasteiger partial charge in [0.1, 0.15) is 0 Å². The summed E-state index contributed by atoms with van der Waals surface area (Å²) < 4.78 is 34.3. The molecule has 4 nitrogen and oxygen atoms in total. The summed E-state index contributed by atoms with van der Waals surface area (Å²) in [5, 5.41) is 0. The smallest absolute Gasteiger partial charge is 0.265 e. The molecular weight excluding hydrogens is 743 g/mol. The molecular formula is C54H112NO3S+. The van der Waals surface area contributed by atoms with E-state index in [4.69, 9.17) is 0 Å². The van der Waals surface area contributed by atoms with Crippen LogP contribution in [0.1, 0.15) is 316 Å². The first kappa shape index (κ1) is 58.9. The minimum absolute atomic E-state index is 0.0798. The molecule has 0 amide bonds. The van der Waals surface area contributed by atoms with Gasteiger partial charge in [-0.15, -0.1) is 0 Å². The summed E-state index contributed by atoms with van der Waals surface area (Å²) in [6, 6.07) is 0. The van der Waals surface area contributed by atoms with Crippen LogP contribution in [0.4, 0.5) is 0 Å². The van der Waals surface area contributed by atoms with Crippen molar-refractivity contribution in [2.45, 2.75) is 316 Å². The van der Waals surface area contributed by atoms with Gasteiger partial charge in [-0.25, -0.2) is 0 Å². The number of hydrogen-bond donors (Lipinski definition) is 1. The molecule has 59 heavy (non-hydrogen) atoms. The van der Waals surface area contributed by atoms with Gasteiger partial charge in [0, 0.05) is 6.42 Å². The zero-order valence-electron chi connectivity index (χ0n) is 41.2. The monoisotopic (exact) mass is 855 g/mol. The zero-order chi connectivity index (χ0) is 43.1. The number of unbranched alkanes of at least 4 members (excludes halogenated alkanes) is 42. The molecule has 0 heterocycles. The lowest BCUT2D eigenvalue weighted by molar-refractivity contribution is -0.928. The molecule has 0 spiro atoms. The van der Waals surface area contributed by atoms with Gasteiger partial charge in [0.2, 0.25) is 0 Å². The average Bonchev–Trinajstić information content (AvgIpc) is 3.21. The zero-order valence-corrected chi connectivity index (χ0v) is 42.0. The second kappa shape index (κ2) is 47.4. The van der Waals surface area contributed by atoms with Crippen LogP contribution in [0.5, 0.6) is 0 Å². The van der Waals surface area contributed by atoms with Crippen LogP contribution >= 0.6 is 0 Å². The summed E-state index contributed by atoms with van der Waals surface area (Å²) >= 11 is 0. The van der Waals surface area contributed by atoms with E-state index in [-0.39, 0.29) is 5.75 Å². The summed E-state index contributed by atoms with van der Waals surface area (Å²) in [5.41, 5.74) is 0. The maximum Gasteiger partial charge on any atom is 0.265 e. The van der Waals surface area contributed by atoms with E-state index in [0.29, 0.717) is 6.42 Å². The lowest BCUT2D eigenvalue weighted by Crippen LogP contribution is -2.51. The number of quaternary nitrogens is 1. The van der Waals surface area contributed by atoms with Crippen LogP contribution in [0, 0.1) is 0 Å². The molecule has 0 aliphatic rings. The van der Waals surface area contributed by atoms with E-state index in [1.165, 1.54) is 309 Å². The molecule has 356 valence electrons. The molecule has 0 radical (unpaired) electrons. The summed E-state index contributed by atoms with van der Waals surface area (Å²) in [6.07, 6.45) is 63.2. The normalized spacial score (nSPS) is 12.3. The van der Waals surface area contributed by atoms with Crippen LogP contribution in [-0.4, -0.2) is 49.4 Å². The fourth-order valence-electron chi connectivity index (χ4n) is 9.71. The van der Waals surface area contributed by atoms with E-state index in [1.807, 2.05) is 0 Å². The van der Waals surface area contributed by atoms with Gasteiger partial charge in [0.05, 0.1) is 31.9 Å². The molecule has 0 aromatic rings. The Morgan fingerprint density at radius 1 is 0.254 bits per heavy atom. The molecule has 0 aromatic heterocycles. The van der Waals surface area contributed by atoms with Gasteiger partial charge in [0.15, 0.2) is 0 Å². The Labute approximate surface area is 374 Å². The van der Waals surface area contributed by atoms with Gasteiger partial charge in [-0.1, -0.05) is 271 Å². The first-order valence-electron chi connectivity index (χ1n) is 27.7. The van der Waals surface area contributed by atoms with Gasteiger partial charge in [0.25, 0.3) is 10.1 Å². The molecule has 5 heteroatoms. The van der Waals surface area contributed by atoms with Crippen molar-refractivity contribution in [3.63, 3.8) is 0 Å². The second-order valence-electron chi connectivity index (χ2n) is 19.7. The SMILES string of the molecule is CCCCCCCCCCCCCCCCC[N+](CCCCCCCCCCCCCCCCC)(CCCCCCCCCCCCCCCCC)CCCS(=O)(=O)O. The molecule has 0 unspecified atom stereocenters. The molecule has 0 bridgehead atoms. The first-order valence-corrected chi connectivity index (χ1v) is 29.3. The maximum absolute atomic E-state index is 11.8. The molecule has 0 aliphatic heterocycles. The first-order chi connectivity index (χ1) is 28.9. The lowest BCUT2D eigenvalue weighted by atomic mass is 10.0. The molecule has 0 saturated heterocycles. The van der Waals surface area contributed by atoms with E-state index < -0.39 is 10.1 Å². The van der Waals surface area contributed by atoms with Crippen LogP contribution in [0.3, 0.4) is 0 Å². The van der Waals surface area contributed by atoms with Crippen molar-refractivity contribution in [2.24, 2.45) is 0 Å². The van der Waals surface area contributed by atoms with Gasteiger partial charge in [-0.3, -0.25) is 4.55 Å². The highest BCUT2D eigenvalue weighted by Crippen LogP contribution is 2.21. The van der Waals surface area contributed by atoms with Crippen molar-refractivity contribution in [3.05, 3.63) is 0 Å². The van der Waals surface area contributed by atoms with Crippen molar-refractivity contribution in [2.75, 3.05) is 31.9 Å². The predicted octanol–water partition coefficient (Wildman–Crippen LogP) is 18.7. The minimum Gasteiger partial charge on any atom is -0.324 e. The third kappa shape index (κ3) is 47.2. The van der Waals surface area contributed by atoms with E-state index in [9.17, 15) is 13.0 Å². The molecule has 0 aromatic carbocycles. The van der Waals surface area contributed by atoms with E-state index >= 15 is 0 Å². The topological polar surface area (TPSA) is 54.4 Å². The van der Waals surface area contributed by atoms with Gasteiger partial charge >= 0.3 is 0 Å². The van der Waals surface area contributed by atoms with Gasteiger partial charge in [-0.2, -0.15) is 8.42 Å². The fraction of sp³-hybridized carbons (Fsp3) is 1.00. The Balaban J connectivity index is 4.70. The van der Waals surface area contributed by atoms with E-state index in [2.05, 4.69) is 20.8 Å². The Morgan fingerprint density at radius 3 is 0.576 bits per heavy atom. The van der Waals surface area contributed by atoms with Crippen LogP contribution < -0.4 is 0 Å². The largest absolute Gasteiger partial charge is 0.324 e. The third-order valence-electron chi connectivity index (χ3n) is 13.7. The maximum atomic E-state index is 11.8. The standard InChI is InChI=1S/C54H111NO3S/c1-4-7-10-13-16-19-22-25-28-31-34-37-40-43-46-50-55(53-49-54-59(56,57)58,51-47-44-41-38-35-32-29-26-23-20-17-14-11-8-5-2)52-48-45-42-39-36-33-30-27-24-21-18-15-12-9-6-3/h4-54H2,1-3H3/p+1. The molecule has 0 atom stereocenters. The van der Waals surface area contributed by atoms with Crippen molar-refractivity contribution in [1.82, 2.24) is 0 Å². The second-order valence-corrected chi connectivity index (χ2v) is 21.3. The number of rotatable bonds is 52. The molecule has 0 saturated carbocycles. The molecule has 0 aliphatic carbocycles. The van der Waals surface area contributed by atoms with Crippen LogP contribution in [0.25, 0.3) is 0 Å². The van der Waals surface area contributed by atoms with Gasteiger partial charge < -0.3 is 4.48 Å². The Kier molecular flexibility index (Phi) is 47.2. The number of hydrogen-bond acceptors (Lipinski definition) is 2. The summed E-state index contributed by atoms with van der Waals surface area (Å²) in [7, 11) is -3.91. The molecule has 0 rings (SSSR count). The predicted molar refractivity (Wildman–Crippen MR) is 266 cm³/mol. The molecule has 0 fully saturated rings. The van der Waals surface area contributed by atoms with E-state index in [0.717, 1.165) is 11.0 Å². The average molecular weight is 856 g/mol. The highest BCUT2D eigenvalue weighted by atomic mass is 32.2. The third-order valence-corrected chi connectivity index (χ3v) is 14.5. The van der Waals surface area contributed by atoms with Crippen LogP contribution in [-0.2, 0) is 10.1 Å². The Morgan fingerprint density at radius 2 is 0.407 bits per heavy atom. The Hall–Kier alpha value is -0.130. The van der Waals surface area contributed by atoms with Crippen molar-refractivity contribution >= 4 is 10.1 Å². The summed E-state index contributed by atoms with van der Waals surface area (Å²) in [6.45, 7) is 11.4. The van der Waals surface area contributed by atoms with Crippen LogP contribution in [0.15, 0.2) is 0 Å². The lowest BCUT2D eigenvalue weighted by Gasteiger charge is -2.39. The van der Waals surface area contributed by atoms with Gasteiger partial charge in [-0.05, 0) is 38.5 Å². The van der Waals surface area contributed by atoms with Crippen molar-refractivity contribution in [3.8, 4) is 0 Å². The van der Waals surface area contributed by atoms with Crippen molar-refractivity contribution in [1.29, 1.82) is 0 Å². The highest BCUT2D eigenvalue weighted by molar-refractivity contribution is 7.85. The van der Waals surface area contributed by atoms with Crippen molar-refractivity contribution < 1.29 is 17.5 Å². The van der Waals surface area contributed by atoms with E-state index in [1.54, 1.807) is 0 Å². The minimum atomic E-state index is -3.91. The fourth-order valence-corrected chi connectivity index (χ4v) is 10.2. The summed E-state index contributed by atoms with van der Waals surface area (Å²) in [4.78, 5) is 0. The number of nitrogens with zero attached hydrogens (tertiary/aromatic N) is 1. The quantitative estimate of drug-likeness (QED) is 0.0377. The molecule has 1 N–H and O–H groups in total. The highest BCUT2D eigenvalue weighted by Gasteiger charge is 2.26. The van der Waals surface area contributed by atoms with Crippen LogP contribution in [0.2, 0.25) is 0 Å².